The van der Waals surface area contributed by atoms with Crippen molar-refractivity contribution in [3.05, 3.63) is 46.5 Å². The van der Waals surface area contributed by atoms with E-state index in [1.165, 1.54) is 31.2 Å². The van der Waals surface area contributed by atoms with Gasteiger partial charge in [-0.05, 0) is 47.4 Å². The first-order valence-corrected chi connectivity index (χ1v) is 8.93. The van der Waals surface area contributed by atoms with E-state index in [1.54, 1.807) is 17.6 Å². The second-order valence-electron chi connectivity index (χ2n) is 5.68. The summed E-state index contributed by atoms with van der Waals surface area (Å²) in [5, 5.41) is 11.2. The average molecular weight is 445 g/mol. The van der Waals surface area contributed by atoms with Gasteiger partial charge in [-0.15, -0.1) is 24.0 Å². The normalized spacial score (nSPS) is 15.4. The van der Waals surface area contributed by atoms with E-state index < -0.39 is 0 Å². The number of hydrogen-bond donors (Lipinski definition) is 2. The van der Waals surface area contributed by atoms with Crippen LogP contribution in [-0.2, 0) is 13.0 Å². The van der Waals surface area contributed by atoms with Crippen LogP contribution in [0.2, 0.25) is 0 Å². The van der Waals surface area contributed by atoms with E-state index in [4.69, 9.17) is 9.41 Å². The van der Waals surface area contributed by atoms with Crippen molar-refractivity contribution in [3.63, 3.8) is 0 Å². The predicted molar refractivity (Wildman–Crippen MR) is 107 cm³/mol. The highest BCUT2D eigenvalue weighted by Gasteiger charge is 2.16. The maximum Gasteiger partial charge on any atom is 0.191 e. The van der Waals surface area contributed by atoms with E-state index in [0.29, 0.717) is 6.04 Å². The summed E-state index contributed by atoms with van der Waals surface area (Å²) in [4.78, 5) is 4.72. The fourth-order valence-corrected chi connectivity index (χ4v) is 3.39. The smallest absolute Gasteiger partial charge is 0.191 e. The Bertz CT molecular complexity index is 563. The molecule has 2 aromatic heterocycles. The minimum atomic E-state index is 0. The Hall–Kier alpha value is -1.02. The van der Waals surface area contributed by atoms with E-state index in [1.807, 2.05) is 12.1 Å². The lowest BCUT2D eigenvalue weighted by Gasteiger charge is -2.17. The Kier molecular flexibility index (Phi) is 7.94. The summed E-state index contributed by atoms with van der Waals surface area (Å²) in [6, 6.07) is 6.63. The minimum Gasteiger partial charge on any atom is -0.469 e. The summed E-state index contributed by atoms with van der Waals surface area (Å²) in [5.41, 5.74) is 1.27. The van der Waals surface area contributed by atoms with Crippen LogP contribution < -0.4 is 10.6 Å². The SMILES string of the molecule is I.c1coc(CCNC(=NCc2ccsc2)NC2CCCC2)c1. The maximum absolute atomic E-state index is 5.37. The summed E-state index contributed by atoms with van der Waals surface area (Å²) in [6.07, 6.45) is 7.73. The molecule has 126 valence electrons. The molecule has 0 atom stereocenters. The zero-order chi connectivity index (χ0) is 15.0. The summed E-state index contributed by atoms with van der Waals surface area (Å²) < 4.78 is 5.37. The van der Waals surface area contributed by atoms with Gasteiger partial charge in [0.15, 0.2) is 5.96 Å². The van der Waals surface area contributed by atoms with Gasteiger partial charge in [0, 0.05) is 19.0 Å². The zero-order valence-electron chi connectivity index (χ0n) is 13.2. The Morgan fingerprint density at radius 3 is 2.87 bits per heavy atom. The van der Waals surface area contributed by atoms with E-state index in [-0.39, 0.29) is 24.0 Å². The molecule has 1 aliphatic rings. The molecule has 2 aromatic rings. The van der Waals surface area contributed by atoms with Gasteiger partial charge in [0.2, 0.25) is 0 Å². The summed E-state index contributed by atoms with van der Waals surface area (Å²) in [7, 11) is 0. The van der Waals surface area contributed by atoms with Crippen molar-refractivity contribution in [3.8, 4) is 0 Å². The van der Waals surface area contributed by atoms with Gasteiger partial charge in [-0.3, -0.25) is 0 Å². The van der Waals surface area contributed by atoms with Crippen LogP contribution in [0.25, 0.3) is 0 Å². The molecular weight excluding hydrogens is 421 g/mol. The fourth-order valence-electron chi connectivity index (χ4n) is 2.73. The number of hydrogen-bond acceptors (Lipinski definition) is 3. The molecule has 6 heteroatoms. The molecule has 0 bridgehead atoms. The van der Waals surface area contributed by atoms with Crippen LogP contribution in [0.1, 0.15) is 37.0 Å². The molecule has 0 unspecified atom stereocenters. The molecule has 0 aromatic carbocycles. The lowest BCUT2D eigenvalue weighted by atomic mass is 10.2. The highest BCUT2D eigenvalue weighted by atomic mass is 127. The van der Waals surface area contributed by atoms with E-state index in [9.17, 15) is 0 Å². The molecule has 2 heterocycles. The molecule has 0 spiro atoms. The Balaban J connectivity index is 0.00000192. The Labute approximate surface area is 158 Å². The van der Waals surface area contributed by atoms with E-state index in [2.05, 4.69) is 27.5 Å². The Morgan fingerprint density at radius 2 is 2.17 bits per heavy atom. The first-order valence-electron chi connectivity index (χ1n) is 7.98. The van der Waals surface area contributed by atoms with Crippen LogP contribution in [0.4, 0.5) is 0 Å². The number of thiophene rings is 1. The number of furan rings is 1. The predicted octanol–water partition coefficient (Wildman–Crippen LogP) is 4.18. The molecular formula is C17H24IN3OS. The largest absolute Gasteiger partial charge is 0.469 e. The van der Waals surface area contributed by atoms with Gasteiger partial charge < -0.3 is 15.1 Å². The van der Waals surface area contributed by atoms with Gasteiger partial charge in [-0.2, -0.15) is 11.3 Å². The standard InChI is InChI=1S/C17H23N3OS.HI/c1-2-5-15(4-1)20-17(19-12-14-8-11-22-13-14)18-9-7-16-6-3-10-21-16;/h3,6,8,10-11,13,15H,1-2,4-5,7,9,12H2,(H2,18,19,20);1H. The van der Waals surface area contributed by atoms with Gasteiger partial charge >= 0.3 is 0 Å². The monoisotopic (exact) mass is 445 g/mol. The van der Waals surface area contributed by atoms with Crippen molar-refractivity contribution in [1.82, 2.24) is 10.6 Å². The Morgan fingerprint density at radius 1 is 1.30 bits per heavy atom. The van der Waals surface area contributed by atoms with Crippen molar-refractivity contribution < 1.29 is 4.42 Å². The maximum atomic E-state index is 5.37. The second-order valence-corrected chi connectivity index (χ2v) is 6.46. The molecule has 2 N–H and O–H groups in total. The number of nitrogens with zero attached hydrogens (tertiary/aromatic N) is 1. The molecule has 0 amide bonds. The van der Waals surface area contributed by atoms with Gasteiger partial charge in [0.05, 0.1) is 12.8 Å². The van der Waals surface area contributed by atoms with Crippen LogP contribution in [-0.4, -0.2) is 18.5 Å². The summed E-state index contributed by atoms with van der Waals surface area (Å²) >= 11 is 1.72. The van der Waals surface area contributed by atoms with Gasteiger partial charge in [0.1, 0.15) is 5.76 Å². The van der Waals surface area contributed by atoms with Gasteiger partial charge in [0.25, 0.3) is 0 Å². The fraction of sp³-hybridized carbons (Fsp3) is 0.471. The molecule has 23 heavy (non-hydrogen) atoms. The number of nitrogens with one attached hydrogen (secondary N) is 2. The topological polar surface area (TPSA) is 49.6 Å². The molecule has 4 nitrogen and oxygen atoms in total. The van der Waals surface area contributed by atoms with Crippen molar-refractivity contribution in [1.29, 1.82) is 0 Å². The van der Waals surface area contributed by atoms with Gasteiger partial charge in [-0.1, -0.05) is 12.8 Å². The average Bonchev–Trinajstić information content (AvgIpc) is 3.28. The molecule has 0 aliphatic heterocycles. The molecule has 0 radical (unpaired) electrons. The first kappa shape index (κ1) is 18.3. The number of aliphatic imine (C=N–C) groups is 1. The van der Waals surface area contributed by atoms with Crippen molar-refractivity contribution in [2.75, 3.05) is 6.54 Å². The highest BCUT2D eigenvalue weighted by Crippen LogP contribution is 2.17. The van der Waals surface area contributed by atoms with E-state index in [0.717, 1.165) is 31.2 Å². The van der Waals surface area contributed by atoms with Crippen molar-refractivity contribution in [2.45, 2.75) is 44.7 Å². The third-order valence-corrected chi connectivity index (χ3v) is 4.67. The lowest BCUT2D eigenvalue weighted by Crippen LogP contribution is -2.43. The minimum absolute atomic E-state index is 0. The van der Waals surface area contributed by atoms with Gasteiger partial charge in [-0.25, -0.2) is 4.99 Å². The van der Waals surface area contributed by atoms with E-state index >= 15 is 0 Å². The third kappa shape index (κ3) is 6.18. The molecule has 1 fully saturated rings. The number of halogens is 1. The molecule has 0 saturated heterocycles. The molecule has 1 saturated carbocycles. The van der Waals surface area contributed by atoms with Crippen molar-refractivity contribution in [2.24, 2.45) is 4.99 Å². The van der Waals surface area contributed by atoms with Crippen LogP contribution >= 0.6 is 35.3 Å². The van der Waals surface area contributed by atoms with Crippen LogP contribution in [0.3, 0.4) is 0 Å². The van der Waals surface area contributed by atoms with Crippen molar-refractivity contribution >= 4 is 41.3 Å². The zero-order valence-corrected chi connectivity index (χ0v) is 16.3. The lowest BCUT2D eigenvalue weighted by molar-refractivity contribution is 0.506. The number of rotatable bonds is 6. The quantitative estimate of drug-likeness (QED) is 0.399. The van der Waals surface area contributed by atoms with Crippen LogP contribution in [0.15, 0.2) is 44.6 Å². The third-order valence-electron chi connectivity index (χ3n) is 3.94. The summed E-state index contributed by atoms with van der Waals surface area (Å²) in [6.45, 7) is 1.56. The molecule has 3 rings (SSSR count). The van der Waals surface area contributed by atoms with Crippen LogP contribution in [0, 0.1) is 0 Å². The summed E-state index contributed by atoms with van der Waals surface area (Å²) in [5.74, 6) is 1.93. The first-order chi connectivity index (χ1) is 10.9. The second kappa shape index (κ2) is 9.97. The van der Waals surface area contributed by atoms with Crippen LogP contribution in [0.5, 0.6) is 0 Å². The molecule has 1 aliphatic carbocycles. The number of guanidine groups is 1. The highest BCUT2D eigenvalue weighted by molar-refractivity contribution is 14.0.